The van der Waals surface area contributed by atoms with E-state index >= 15 is 0 Å². The van der Waals surface area contributed by atoms with Gasteiger partial charge in [0.1, 0.15) is 5.75 Å². The summed E-state index contributed by atoms with van der Waals surface area (Å²) in [5.74, 6) is 0.644. The molecule has 0 aromatic heterocycles. The first-order valence-electron chi connectivity index (χ1n) is 12.3. The van der Waals surface area contributed by atoms with Crippen LogP contribution in [0.5, 0.6) is 5.75 Å². The molecule has 1 heterocycles. The first-order valence-corrected chi connectivity index (χ1v) is 13.7. The molecule has 0 spiro atoms. The Bertz CT molecular complexity index is 1060. The zero-order valence-corrected chi connectivity index (χ0v) is 22.0. The van der Waals surface area contributed by atoms with Crippen molar-refractivity contribution in [2.75, 3.05) is 51.7 Å². The van der Waals surface area contributed by atoms with Crippen LogP contribution in [0.25, 0.3) is 0 Å². The molecule has 36 heavy (non-hydrogen) atoms. The SMILES string of the molecule is CN(C)C1CCN(CCCCCCOc2ccc(N(C)S(=O)(=O)c3ccc(C(F)(F)F)cc3)cc2)C1. The Morgan fingerprint density at radius 2 is 1.58 bits per heavy atom. The van der Waals surface area contributed by atoms with Gasteiger partial charge in [0, 0.05) is 19.6 Å². The van der Waals surface area contributed by atoms with Gasteiger partial charge in [0.15, 0.2) is 0 Å². The summed E-state index contributed by atoms with van der Waals surface area (Å²) in [7, 11) is 1.66. The van der Waals surface area contributed by atoms with Crippen LogP contribution in [-0.4, -0.2) is 71.6 Å². The molecule has 0 radical (unpaired) electrons. The zero-order valence-electron chi connectivity index (χ0n) is 21.2. The monoisotopic (exact) mass is 527 g/mol. The fraction of sp³-hybridized carbons (Fsp3) is 0.538. The van der Waals surface area contributed by atoms with Crippen LogP contribution in [0.15, 0.2) is 53.4 Å². The topological polar surface area (TPSA) is 53.1 Å². The molecule has 1 fully saturated rings. The molecular weight excluding hydrogens is 491 g/mol. The number of rotatable bonds is 12. The van der Waals surface area contributed by atoms with Crippen molar-refractivity contribution in [3.63, 3.8) is 0 Å². The lowest BCUT2D eigenvalue weighted by atomic mass is 10.2. The summed E-state index contributed by atoms with van der Waals surface area (Å²) in [6.07, 6.45) is 1.12. The second kappa shape index (κ2) is 12.3. The number of hydrogen-bond donors (Lipinski definition) is 0. The second-order valence-corrected chi connectivity index (χ2v) is 11.4. The molecule has 0 aliphatic carbocycles. The van der Waals surface area contributed by atoms with E-state index in [-0.39, 0.29) is 4.90 Å². The molecular formula is C26H36F3N3O3S. The number of ether oxygens (including phenoxy) is 1. The van der Waals surface area contributed by atoms with E-state index in [4.69, 9.17) is 4.74 Å². The van der Waals surface area contributed by atoms with Crippen molar-refractivity contribution >= 4 is 15.7 Å². The predicted molar refractivity (Wildman–Crippen MR) is 136 cm³/mol. The second-order valence-electron chi connectivity index (χ2n) is 9.46. The predicted octanol–water partition coefficient (Wildman–Crippen LogP) is 5.11. The maximum absolute atomic E-state index is 12.8. The Kier molecular flexibility index (Phi) is 9.66. The first-order chi connectivity index (χ1) is 17.0. The summed E-state index contributed by atoms with van der Waals surface area (Å²) in [5.41, 5.74) is -0.504. The minimum Gasteiger partial charge on any atom is -0.494 e. The van der Waals surface area contributed by atoms with Gasteiger partial charge in [-0.25, -0.2) is 8.42 Å². The van der Waals surface area contributed by atoms with Gasteiger partial charge in [0.05, 0.1) is 22.8 Å². The van der Waals surface area contributed by atoms with Gasteiger partial charge in [-0.05, 0) is 95.0 Å². The Labute approximate surface area is 212 Å². The maximum Gasteiger partial charge on any atom is 0.416 e. The molecule has 2 aromatic rings. The highest BCUT2D eigenvalue weighted by Crippen LogP contribution is 2.31. The molecule has 1 unspecified atom stereocenters. The molecule has 1 atom stereocenters. The van der Waals surface area contributed by atoms with Gasteiger partial charge in [-0.1, -0.05) is 12.8 Å². The van der Waals surface area contributed by atoms with Crippen LogP contribution < -0.4 is 9.04 Å². The lowest BCUT2D eigenvalue weighted by Crippen LogP contribution is -2.31. The standard InChI is InChI=1S/C26H36F3N3O3S/c1-30(2)23-16-18-32(20-23)17-6-4-5-7-19-35-24-12-10-22(11-13-24)31(3)36(33,34)25-14-8-21(9-15-25)26(27,28)29/h8-15,23H,4-7,16-20H2,1-3H3. The van der Waals surface area contributed by atoms with E-state index in [0.717, 1.165) is 60.9 Å². The number of hydrogen-bond acceptors (Lipinski definition) is 5. The third kappa shape index (κ3) is 7.60. The van der Waals surface area contributed by atoms with E-state index in [9.17, 15) is 21.6 Å². The molecule has 0 N–H and O–H groups in total. The molecule has 1 saturated heterocycles. The molecule has 1 aliphatic heterocycles. The van der Waals surface area contributed by atoms with Crippen LogP contribution in [0.2, 0.25) is 0 Å². The molecule has 200 valence electrons. The van der Waals surface area contributed by atoms with Crippen LogP contribution in [0.1, 0.15) is 37.7 Å². The quantitative estimate of drug-likeness (QED) is 0.359. The van der Waals surface area contributed by atoms with Crippen molar-refractivity contribution in [1.29, 1.82) is 0 Å². The number of likely N-dealkylation sites (N-methyl/N-ethyl adjacent to an activating group) is 1. The van der Waals surface area contributed by atoms with E-state index < -0.39 is 21.8 Å². The Hall–Kier alpha value is -2.30. The maximum atomic E-state index is 12.8. The Balaban J connectivity index is 1.39. The van der Waals surface area contributed by atoms with E-state index in [2.05, 4.69) is 23.9 Å². The van der Waals surface area contributed by atoms with Gasteiger partial charge in [-0.3, -0.25) is 4.31 Å². The van der Waals surface area contributed by atoms with E-state index in [1.807, 2.05) is 0 Å². The van der Waals surface area contributed by atoms with Gasteiger partial charge in [0.25, 0.3) is 10.0 Å². The third-order valence-corrected chi connectivity index (χ3v) is 8.46. The summed E-state index contributed by atoms with van der Waals surface area (Å²) in [6.45, 7) is 4.08. The molecule has 0 amide bonds. The normalized spacial score (nSPS) is 17.0. The van der Waals surface area contributed by atoms with Crippen molar-refractivity contribution < 1.29 is 26.3 Å². The van der Waals surface area contributed by atoms with Crippen molar-refractivity contribution in [1.82, 2.24) is 9.80 Å². The summed E-state index contributed by atoms with van der Waals surface area (Å²) in [4.78, 5) is 4.64. The van der Waals surface area contributed by atoms with E-state index in [0.29, 0.717) is 24.1 Å². The first kappa shape index (κ1) is 28.3. The fourth-order valence-electron chi connectivity index (χ4n) is 4.28. The minimum atomic E-state index is -4.52. The van der Waals surface area contributed by atoms with Gasteiger partial charge in [-0.15, -0.1) is 0 Å². The van der Waals surface area contributed by atoms with Crippen LogP contribution in [-0.2, 0) is 16.2 Å². The summed E-state index contributed by atoms with van der Waals surface area (Å²) in [6, 6.07) is 10.8. The molecule has 10 heteroatoms. The number of nitrogens with zero attached hydrogens (tertiary/aromatic N) is 3. The van der Waals surface area contributed by atoms with Crippen LogP contribution in [0.3, 0.4) is 0 Å². The lowest BCUT2D eigenvalue weighted by molar-refractivity contribution is -0.137. The number of halogens is 3. The van der Waals surface area contributed by atoms with Gasteiger partial charge in [-0.2, -0.15) is 13.2 Å². The van der Waals surface area contributed by atoms with Crippen molar-refractivity contribution in [3.8, 4) is 5.75 Å². The summed E-state index contributed by atoms with van der Waals surface area (Å²) in [5, 5.41) is 0. The summed E-state index contributed by atoms with van der Waals surface area (Å²) >= 11 is 0. The number of benzene rings is 2. The molecule has 6 nitrogen and oxygen atoms in total. The van der Waals surface area contributed by atoms with Gasteiger partial charge in [0.2, 0.25) is 0 Å². The van der Waals surface area contributed by atoms with E-state index in [1.54, 1.807) is 24.3 Å². The van der Waals surface area contributed by atoms with Crippen LogP contribution in [0.4, 0.5) is 18.9 Å². The van der Waals surface area contributed by atoms with Crippen molar-refractivity contribution in [3.05, 3.63) is 54.1 Å². The highest BCUT2D eigenvalue weighted by Gasteiger charge is 2.31. The number of alkyl halides is 3. The van der Waals surface area contributed by atoms with Crippen LogP contribution >= 0.6 is 0 Å². The highest BCUT2D eigenvalue weighted by molar-refractivity contribution is 7.92. The fourth-order valence-corrected chi connectivity index (χ4v) is 5.48. The number of sulfonamides is 1. The average Bonchev–Trinajstić information content (AvgIpc) is 3.32. The number of anilines is 1. The van der Waals surface area contributed by atoms with Gasteiger partial charge < -0.3 is 14.5 Å². The average molecular weight is 528 g/mol. The number of unbranched alkanes of at least 4 members (excludes halogenated alkanes) is 3. The molecule has 3 rings (SSSR count). The summed E-state index contributed by atoms with van der Waals surface area (Å²) < 4.78 is 70.7. The molecule has 1 aliphatic rings. The lowest BCUT2D eigenvalue weighted by Gasteiger charge is -2.20. The van der Waals surface area contributed by atoms with Crippen molar-refractivity contribution in [2.24, 2.45) is 0 Å². The van der Waals surface area contributed by atoms with Gasteiger partial charge >= 0.3 is 6.18 Å². The largest absolute Gasteiger partial charge is 0.494 e. The molecule has 0 bridgehead atoms. The third-order valence-electron chi connectivity index (χ3n) is 6.66. The Morgan fingerprint density at radius 3 is 2.17 bits per heavy atom. The van der Waals surface area contributed by atoms with E-state index in [1.165, 1.54) is 26.4 Å². The Morgan fingerprint density at radius 1 is 0.944 bits per heavy atom. The zero-order chi connectivity index (χ0) is 26.3. The smallest absolute Gasteiger partial charge is 0.416 e. The minimum absolute atomic E-state index is 0.208. The number of likely N-dealkylation sites (tertiary alicyclic amines) is 1. The highest BCUT2D eigenvalue weighted by atomic mass is 32.2. The molecule has 2 aromatic carbocycles. The van der Waals surface area contributed by atoms with Crippen LogP contribution in [0, 0.1) is 0 Å². The van der Waals surface area contributed by atoms with Crippen molar-refractivity contribution in [2.45, 2.75) is 49.2 Å². The molecule has 0 saturated carbocycles.